The molecule has 9 heteroatoms. The van der Waals surface area contributed by atoms with E-state index in [1.165, 1.54) is 0 Å². The largest absolute Gasteiger partial charge is 0.343 e. The summed E-state index contributed by atoms with van der Waals surface area (Å²) in [5.41, 5.74) is 1.87. The molecule has 1 amide bonds. The maximum Gasteiger partial charge on any atom is 0.241 e. The van der Waals surface area contributed by atoms with Gasteiger partial charge in [-0.3, -0.25) is 9.69 Å². The summed E-state index contributed by atoms with van der Waals surface area (Å²) in [4.78, 5) is 20.6. The first-order valence-electron chi connectivity index (χ1n) is 15.8. The van der Waals surface area contributed by atoms with Crippen LogP contribution in [0.2, 0.25) is 0 Å². The van der Waals surface area contributed by atoms with Crippen LogP contribution in [0, 0.1) is 11.7 Å². The van der Waals surface area contributed by atoms with Crippen LogP contribution in [0.15, 0.2) is 102 Å². The van der Waals surface area contributed by atoms with Crippen molar-refractivity contribution >= 4 is 26.7 Å². The van der Waals surface area contributed by atoms with Crippen LogP contribution in [-0.4, -0.2) is 75.3 Å². The van der Waals surface area contributed by atoms with Gasteiger partial charge in [0, 0.05) is 51.7 Å². The molecule has 0 saturated carbocycles. The summed E-state index contributed by atoms with van der Waals surface area (Å²) in [6.45, 7) is 5.10. The van der Waals surface area contributed by atoms with E-state index in [2.05, 4.69) is 21.6 Å². The van der Waals surface area contributed by atoms with Gasteiger partial charge in [-0.05, 0) is 72.0 Å². The molecule has 0 aromatic heterocycles. The van der Waals surface area contributed by atoms with Crippen molar-refractivity contribution in [1.29, 1.82) is 0 Å². The topological polar surface area (TPSA) is 73.0 Å². The minimum Gasteiger partial charge on any atom is -0.343 e. The highest BCUT2D eigenvalue weighted by Gasteiger charge is 2.35. The summed E-state index contributed by atoms with van der Waals surface area (Å²) in [6.07, 6.45) is 1.69. The zero-order valence-electron chi connectivity index (χ0n) is 25.7. The number of rotatable bonds is 9. The normalized spacial score (nSPS) is 18.6. The number of nitrogens with zero attached hydrogens (tertiary/aromatic N) is 3. The highest BCUT2D eigenvalue weighted by Crippen LogP contribution is 2.37. The molecule has 0 spiro atoms. The van der Waals surface area contributed by atoms with Crippen molar-refractivity contribution in [3.05, 3.63) is 114 Å². The number of likely N-dealkylation sites (N-methyl/N-ethyl adjacent to an activating group) is 1. The monoisotopic (exact) mass is 628 g/mol. The zero-order chi connectivity index (χ0) is 31.4. The smallest absolute Gasteiger partial charge is 0.241 e. The van der Waals surface area contributed by atoms with Gasteiger partial charge in [-0.25, -0.2) is 17.5 Å². The Bertz CT molecular complexity index is 1700. The Kier molecular flexibility index (Phi) is 9.61. The fourth-order valence-electron chi connectivity index (χ4n) is 6.81. The molecule has 6 rings (SSSR count). The van der Waals surface area contributed by atoms with E-state index >= 15 is 0 Å². The Hall–Kier alpha value is -3.63. The summed E-state index contributed by atoms with van der Waals surface area (Å²) in [5, 5.41) is 1.80. The van der Waals surface area contributed by atoms with Gasteiger partial charge in [0.15, 0.2) is 0 Å². The van der Waals surface area contributed by atoms with Crippen LogP contribution in [-0.2, 0) is 14.8 Å². The van der Waals surface area contributed by atoms with E-state index < -0.39 is 16.1 Å². The number of piperidine rings is 1. The van der Waals surface area contributed by atoms with E-state index in [9.17, 15) is 17.6 Å². The van der Waals surface area contributed by atoms with E-state index in [-0.39, 0.29) is 29.1 Å². The predicted octanol–water partition coefficient (Wildman–Crippen LogP) is 5.62. The number of benzene rings is 4. The first kappa shape index (κ1) is 31.4. The van der Waals surface area contributed by atoms with E-state index in [1.807, 2.05) is 71.6 Å². The maximum atomic E-state index is 13.8. The number of piperazine rings is 1. The first-order valence-corrected chi connectivity index (χ1v) is 17.3. The lowest BCUT2D eigenvalue weighted by molar-refractivity contribution is -0.133. The summed E-state index contributed by atoms with van der Waals surface area (Å²) < 4.78 is 43.8. The fraction of sp³-hybridized carbons (Fsp3) is 0.361. The first-order chi connectivity index (χ1) is 21.8. The van der Waals surface area contributed by atoms with E-state index in [0.717, 1.165) is 60.9 Å². The molecule has 2 saturated heterocycles. The van der Waals surface area contributed by atoms with Gasteiger partial charge in [0.05, 0.1) is 10.9 Å². The van der Waals surface area contributed by atoms with Gasteiger partial charge >= 0.3 is 0 Å². The molecule has 45 heavy (non-hydrogen) atoms. The lowest BCUT2D eigenvalue weighted by atomic mass is 9.83. The molecule has 0 aliphatic carbocycles. The number of fused-ring (bicyclic) bond motifs is 1. The molecule has 2 aliphatic heterocycles. The van der Waals surface area contributed by atoms with Gasteiger partial charge in [0.2, 0.25) is 15.9 Å². The average molecular weight is 629 g/mol. The third kappa shape index (κ3) is 7.44. The highest BCUT2D eigenvalue weighted by molar-refractivity contribution is 7.89. The molecule has 0 bridgehead atoms. The fourth-order valence-corrected chi connectivity index (χ4v) is 8.07. The van der Waals surface area contributed by atoms with Gasteiger partial charge in [-0.2, -0.15) is 0 Å². The van der Waals surface area contributed by atoms with Crippen molar-refractivity contribution in [3.8, 4) is 0 Å². The Morgan fingerprint density at radius 2 is 1.44 bits per heavy atom. The van der Waals surface area contributed by atoms with E-state index in [0.29, 0.717) is 19.0 Å². The lowest BCUT2D eigenvalue weighted by Gasteiger charge is -2.44. The highest BCUT2D eigenvalue weighted by atomic mass is 32.2. The SMILES string of the molecule is CN1CCN(C(c2ccc(F)cc2)C2CCN(C(=O)CC(NS(=O)(=O)c3ccc4ccccc4c3)c3ccccc3)CC2)CC1. The Balaban J connectivity index is 1.16. The summed E-state index contributed by atoms with van der Waals surface area (Å²) >= 11 is 0. The van der Waals surface area contributed by atoms with Crippen LogP contribution in [0.25, 0.3) is 10.8 Å². The standard InChI is InChI=1S/C36H41FN4O3S/c1-39-21-23-41(24-22-39)36(29-11-14-32(37)15-12-29)30-17-19-40(20-18-30)35(42)26-34(28-8-3-2-4-9-28)38-45(43,44)33-16-13-27-7-5-6-10-31(27)25-33/h2-16,25,30,34,36,38H,17-24,26H2,1H3. The number of hydrogen-bond donors (Lipinski definition) is 1. The molecular weight excluding hydrogens is 587 g/mol. The minimum atomic E-state index is -3.90. The van der Waals surface area contributed by atoms with Crippen molar-refractivity contribution < 1.29 is 17.6 Å². The minimum absolute atomic E-state index is 0.0291. The van der Waals surface area contributed by atoms with Crippen LogP contribution in [0.1, 0.15) is 42.5 Å². The van der Waals surface area contributed by atoms with Gasteiger partial charge in [-0.1, -0.05) is 72.8 Å². The number of likely N-dealkylation sites (tertiary alicyclic amines) is 1. The third-order valence-corrected chi connectivity index (χ3v) is 10.9. The Morgan fingerprint density at radius 1 is 0.800 bits per heavy atom. The number of amides is 1. The number of sulfonamides is 1. The molecule has 4 aromatic rings. The molecule has 0 radical (unpaired) electrons. The average Bonchev–Trinajstić information content (AvgIpc) is 3.06. The van der Waals surface area contributed by atoms with Crippen LogP contribution in [0.4, 0.5) is 4.39 Å². The van der Waals surface area contributed by atoms with Crippen molar-refractivity contribution in [1.82, 2.24) is 19.4 Å². The molecule has 236 valence electrons. The Morgan fingerprint density at radius 3 is 2.13 bits per heavy atom. The summed E-state index contributed by atoms with van der Waals surface area (Å²) in [5.74, 6) is 0.0289. The van der Waals surface area contributed by atoms with Crippen molar-refractivity contribution in [3.63, 3.8) is 0 Å². The van der Waals surface area contributed by atoms with Crippen LogP contribution in [0.3, 0.4) is 0 Å². The number of carbonyl (C=O) groups is 1. The molecular formula is C36H41FN4O3S. The van der Waals surface area contributed by atoms with E-state index in [1.54, 1.807) is 30.3 Å². The molecule has 2 fully saturated rings. The second-order valence-electron chi connectivity index (χ2n) is 12.4. The quantitative estimate of drug-likeness (QED) is 0.261. The molecule has 2 unspecified atom stereocenters. The number of halogens is 1. The molecule has 4 aromatic carbocycles. The number of hydrogen-bond acceptors (Lipinski definition) is 5. The maximum absolute atomic E-state index is 13.8. The third-order valence-electron chi connectivity index (χ3n) is 9.39. The van der Waals surface area contributed by atoms with E-state index in [4.69, 9.17) is 0 Å². The van der Waals surface area contributed by atoms with Crippen LogP contribution >= 0.6 is 0 Å². The number of carbonyl (C=O) groups excluding carboxylic acids is 1. The second kappa shape index (κ2) is 13.8. The number of nitrogens with one attached hydrogen (secondary N) is 1. The van der Waals surface area contributed by atoms with Gasteiger partial charge < -0.3 is 9.80 Å². The van der Waals surface area contributed by atoms with Crippen molar-refractivity contribution in [2.45, 2.75) is 36.2 Å². The molecule has 1 N–H and O–H groups in total. The Labute approximate surface area is 265 Å². The summed E-state index contributed by atoms with van der Waals surface area (Å²) in [7, 11) is -1.76. The molecule has 2 aliphatic rings. The predicted molar refractivity (Wildman–Crippen MR) is 176 cm³/mol. The van der Waals surface area contributed by atoms with Gasteiger partial charge in [0.1, 0.15) is 5.82 Å². The molecule has 7 nitrogen and oxygen atoms in total. The second-order valence-corrected chi connectivity index (χ2v) is 14.1. The zero-order valence-corrected chi connectivity index (χ0v) is 26.5. The van der Waals surface area contributed by atoms with Crippen molar-refractivity contribution in [2.75, 3.05) is 46.3 Å². The van der Waals surface area contributed by atoms with Crippen LogP contribution < -0.4 is 4.72 Å². The van der Waals surface area contributed by atoms with Gasteiger partial charge in [0.25, 0.3) is 0 Å². The lowest BCUT2D eigenvalue weighted by Crippen LogP contribution is -2.49. The van der Waals surface area contributed by atoms with Gasteiger partial charge in [-0.15, -0.1) is 0 Å². The van der Waals surface area contributed by atoms with Crippen LogP contribution in [0.5, 0.6) is 0 Å². The van der Waals surface area contributed by atoms with Crippen molar-refractivity contribution in [2.24, 2.45) is 5.92 Å². The summed E-state index contributed by atoms with van der Waals surface area (Å²) in [6, 6.07) is 28.4. The molecule has 2 atom stereocenters. The molecule has 2 heterocycles.